The highest BCUT2D eigenvalue weighted by atomic mass is 16.5. The topological polar surface area (TPSA) is 67.5 Å². The van der Waals surface area contributed by atoms with Crippen molar-refractivity contribution in [1.82, 2.24) is 20.0 Å². The Morgan fingerprint density at radius 1 is 1.13 bits per heavy atom. The summed E-state index contributed by atoms with van der Waals surface area (Å²) >= 11 is 0. The van der Waals surface area contributed by atoms with E-state index in [0.717, 1.165) is 55.7 Å². The minimum Gasteiger partial charge on any atom is -0.467 e. The van der Waals surface area contributed by atoms with Gasteiger partial charge in [0, 0.05) is 50.0 Å². The van der Waals surface area contributed by atoms with E-state index in [-0.39, 0.29) is 0 Å². The van der Waals surface area contributed by atoms with Crippen LogP contribution in [0.1, 0.15) is 22.7 Å². The molecule has 0 amide bonds. The van der Waals surface area contributed by atoms with Crippen LogP contribution in [0.5, 0.6) is 6.01 Å². The molecule has 1 aliphatic heterocycles. The molecule has 1 saturated heterocycles. The van der Waals surface area contributed by atoms with Crippen LogP contribution in [0.25, 0.3) is 0 Å². The minimum absolute atomic E-state index is 0.429. The third-order valence-corrected chi connectivity index (χ3v) is 4.26. The summed E-state index contributed by atoms with van der Waals surface area (Å²) in [5, 5.41) is 4.03. The first kappa shape index (κ1) is 15.7. The molecule has 0 aromatic carbocycles. The van der Waals surface area contributed by atoms with Crippen LogP contribution in [0.15, 0.2) is 10.6 Å². The molecule has 124 valence electrons. The number of aromatic nitrogens is 3. The Morgan fingerprint density at radius 2 is 1.87 bits per heavy atom. The summed E-state index contributed by atoms with van der Waals surface area (Å²) < 4.78 is 10.4. The average Bonchev–Trinajstić information content (AvgIpc) is 2.87. The number of hydrogen-bond donors (Lipinski definition) is 0. The van der Waals surface area contributed by atoms with E-state index in [1.807, 2.05) is 26.8 Å². The molecule has 1 fully saturated rings. The van der Waals surface area contributed by atoms with Gasteiger partial charge in [0.25, 0.3) is 0 Å². The Hall–Kier alpha value is -2.15. The maximum atomic E-state index is 5.25. The first-order valence-electron chi connectivity index (χ1n) is 7.85. The quantitative estimate of drug-likeness (QED) is 0.850. The molecule has 0 spiro atoms. The van der Waals surface area contributed by atoms with E-state index in [1.54, 1.807) is 7.11 Å². The van der Waals surface area contributed by atoms with E-state index in [0.29, 0.717) is 6.01 Å². The molecule has 7 nitrogen and oxygen atoms in total. The van der Waals surface area contributed by atoms with Gasteiger partial charge in [-0.25, -0.2) is 4.98 Å². The number of aryl methyl sites for hydroxylation is 3. The molecule has 7 heteroatoms. The van der Waals surface area contributed by atoms with Crippen LogP contribution in [0, 0.1) is 20.8 Å². The van der Waals surface area contributed by atoms with Gasteiger partial charge < -0.3 is 14.2 Å². The first-order chi connectivity index (χ1) is 11.1. The van der Waals surface area contributed by atoms with Gasteiger partial charge in [-0.1, -0.05) is 5.16 Å². The predicted octanol–water partition coefficient (Wildman–Crippen LogP) is 1.72. The van der Waals surface area contributed by atoms with Gasteiger partial charge in [-0.05, 0) is 20.8 Å². The van der Waals surface area contributed by atoms with Crippen LogP contribution in [-0.4, -0.2) is 53.3 Å². The average molecular weight is 317 g/mol. The monoisotopic (exact) mass is 317 g/mol. The molecule has 3 heterocycles. The molecule has 0 saturated carbocycles. The van der Waals surface area contributed by atoms with Gasteiger partial charge in [0.1, 0.15) is 11.6 Å². The molecule has 2 aromatic rings. The van der Waals surface area contributed by atoms with E-state index in [1.165, 1.54) is 5.56 Å². The van der Waals surface area contributed by atoms with Crippen LogP contribution in [0.2, 0.25) is 0 Å². The molecule has 0 radical (unpaired) electrons. The second kappa shape index (κ2) is 6.54. The van der Waals surface area contributed by atoms with Crippen LogP contribution in [0.3, 0.4) is 0 Å². The Bertz CT molecular complexity index is 658. The second-order valence-corrected chi connectivity index (χ2v) is 5.92. The summed E-state index contributed by atoms with van der Waals surface area (Å²) in [6.45, 7) is 10.7. The summed E-state index contributed by atoms with van der Waals surface area (Å²) in [5.74, 6) is 1.85. The van der Waals surface area contributed by atoms with Crippen molar-refractivity contribution in [2.45, 2.75) is 27.3 Å². The lowest BCUT2D eigenvalue weighted by molar-refractivity contribution is 0.247. The maximum Gasteiger partial charge on any atom is 0.318 e. The highest BCUT2D eigenvalue weighted by Gasteiger charge is 2.21. The van der Waals surface area contributed by atoms with E-state index >= 15 is 0 Å². The van der Waals surface area contributed by atoms with E-state index in [9.17, 15) is 0 Å². The number of ether oxygens (including phenoxy) is 1. The highest BCUT2D eigenvalue weighted by molar-refractivity contribution is 5.41. The van der Waals surface area contributed by atoms with Gasteiger partial charge in [0.15, 0.2) is 0 Å². The number of piperazine rings is 1. The Balaban J connectivity index is 1.63. The molecule has 1 aliphatic rings. The fourth-order valence-electron chi connectivity index (χ4n) is 2.86. The van der Waals surface area contributed by atoms with Crippen molar-refractivity contribution in [2.75, 3.05) is 38.2 Å². The lowest BCUT2D eigenvalue weighted by Gasteiger charge is -2.35. The van der Waals surface area contributed by atoms with Gasteiger partial charge in [0.2, 0.25) is 0 Å². The lowest BCUT2D eigenvalue weighted by atomic mass is 10.2. The van der Waals surface area contributed by atoms with Crippen LogP contribution in [0.4, 0.5) is 5.82 Å². The van der Waals surface area contributed by atoms with Crippen molar-refractivity contribution < 1.29 is 9.26 Å². The molecule has 0 atom stereocenters. The standard InChI is InChI=1S/C16H23N5O2/c1-11-9-15(18-16(17-11)22-4)21-7-5-20(6-8-21)10-14-12(2)19-23-13(14)3/h9H,5-8,10H2,1-4H3. The largest absolute Gasteiger partial charge is 0.467 e. The number of hydrogen-bond acceptors (Lipinski definition) is 7. The first-order valence-corrected chi connectivity index (χ1v) is 7.85. The van der Waals surface area contributed by atoms with Crippen LogP contribution in [-0.2, 0) is 6.54 Å². The van der Waals surface area contributed by atoms with Crippen molar-refractivity contribution in [1.29, 1.82) is 0 Å². The van der Waals surface area contributed by atoms with Gasteiger partial charge >= 0.3 is 6.01 Å². The Kier molecular flexibility index (Phi) is 4.47. The molecule has 2 aromatic heterocycles. The zero-order valence-corrected chi connectivity index (χ0v) is 14.2. The van der Waals surface area contributed by atoms with E-state index in [4.69, 9.17) is 9.26 Å². The third-order valence-electron chi connectivity index (χ3n) is 4.26. The summed E-state index contributed by atoms with van der Waals surface area (Å²) in [5.41, 5.74) is 3.11. The Labute approximate surface area is 136 Å². The number of nitrogens with zero attached hydrogens (tertiary/aromatic N) is 5. The van der Waals surface area contributed by atoms with Crippen LogP contribution < -0.4 is 9.64 Å². The molecule has 0 N–H and O–H groups in total. The molecule has 23 heavy (non-hydrogen) atoms. The summed E-state index contributed by atoms with van der Waals surface area (Å²) in [6.07, 6.45) is 0. The van der Waals surface area contributed by atoms with Crippen molar-refractivity contribution in [3.63, 3.8) is 0 Å². The van der Waals surface area contributed by atoms with Crippen molar-refractivity contribution in [2.24, 2.45) is 0 Å². The van der Waals surface area contributed by atoms with E-state index < -0.39 is 0 Å². The van der Waals surface area contributed by atoms with Crippen molar-refractivity contribution in [3.8, 4) is 6.01 Å². The van der Waals surface area contributed by atoms with Gasteiger partial charge in [-0.2, -0.15) is 4.98 Å². The maximum absolute atomic E-state index is 5.25. The second-order valence-electron chi connectivity index (χ2n) is 5.92. The zero-order valence-electron chi connectivity index (χ0n) is 14.2. The zero-order chi connectivity index (χ0) is 16.4. The number of rotatable bonds is 4. The van der Waals surface area contributed by atoms with Gasteiger partial charge in [-0.15, -0.1) is 0 Å². The summed E-state index contributed by atoms with van der Waals surface area (Å²) in [7, 11) is 1.60. The minimum atomic E-state index is 0.429. The molecular weight excluding hydrogens is 294 g/mol. The number of methoxy groups -OCH3 is 1. The molecule has 0 aliphatic carbocycles. The smallest absolute Gasteiger partial charge is 0.318 e. The van der Waals surface area contributed by atoms with Gasteiger partial charge in [-0.3, -0.25) is 4.90 Å². The highest BCUT2D eigenvalue weighted by Crippen LogP contribution is 2.20. The molecule has 0 unspecified atom stereocenters. The molecule has 0 bridgehead atoms. The molecule has 3 rings (SSSR count). The fourth-order valence-corrected chi connectivity index (χ4v) is 2.86. The summed E-state index contributed by atoms with van der Waals surface area (Å²) in [4.78, 5) is 13.4. The normalized spacial score (nSPS) is 15.9. The third kappa shape index (κ3) is 3.44. The molecular formula is C16H23N5O2. The SMILES string of the molecule is COc1nc(C)cc(N2CCN(Cc3c(C)noc3C)CC2)n1. The van der Waals surface area contributed by atoms with Gasteiger partial charge in [0.05, 0.1) is 12.8 Å². The Morgan fingerprint density at radius 3 is 2.48 bits per heavy atom. The predicted molar refractivity (Wildman–Crippen MR) is 86.8 cm³/mol. The summed E-state index contributed by atoms with van der Waals surface area (Å²) in [6, 6.07) is 2.44. The van der Waals surface area contributed by atoms with Crippen molar-refractivity contribution in [3.05, 3.63) is 28.8 Å². The lowest BCUT2D eigenvalue weighted by Crippen LogP contribution is -2.46. The number of anilines is 1. The van der Waals surface area contributed by atoms with E-state index in [2.05, 4.69) is 24.9 Å². The van der Waals surface area contributed by atoms with Crippen LogP contribution >= 0.6 is 0 Å². The fraction of sp³-hybridized carbons (Fsp3) is 0.562. The van der Waals surface area contributed by atoms with Crippen molar-refractivity contribution >= 4 is 5.82 Å².